The van der Waals surface area contributed by atoms with Gasteiger partial charge in [0.25, 0.3) is 0 Å². The molecule has 1 fully saturated rings. The monoisotopic (exact) mass is 144 g/mol. The average molecular weight is 144 g/mol. The van der Waals surface area contributed by atoms with Gasteiger partial charge in [0.2, 0.25) is 0 Å². The number of hydrogen-bond acceptors (Lipinski definition) is 1. The van der Waals surface area contributed by atoms with Crippen LogP contribution in [0.5, 0.6) is 0 Å². The Hall–Kier alpha value is -0.310. The van der Waals surface area contributed by atoms with Gasteiger partial charge in [-0.25, -0.2) is 0 Å². The number of rotatable bonds is 1. The van der Waals surface area contributed by atoms with E-state index in [4.69, 9.17) is 18.0 Å². The van der Waals surface area contributed by atoms with E-state index in [0.717, 1.165) is 0 Å². The van der Waals surface area contributed by atoms with Crippen molar-refractivity contribution in [2.75, 3.05) is 0 Å². The van der Waals surface area contributed by atoms with E-state index in [-0.39, 0.29) is 5.54 Å². The zero-order chi connectivity index (χ0) is 6.91. The maximum Gasteiger partial charge on any atom is 0.164 e. The van der Waals surface area contributed by atoms with E-state index < -0.39 is 0 Å². The first kappa shape index (κ1) is 6.81. The van der Waals surface area contributed by atoms with Crippen LogP contribution in [-0.4, -0.2) is 10.7 Å². The molecule has 0 heterocycles. The van der Waals surface area contributed by atoms with Gasteiger partial charge in [-0.1, -0.05) is 0 Å². The molecule has 2 nitrogen and oxygen atoms in total. The van der Waals surface area contributed by atoms with E-state index in [0.29, 0.717) is 5.11 Å². The predicted octanol–water partition coefficient (Wildman–Crippen LogP) is 0.762. The van der Waals surface area contributed by atoms with Crippen LogP contribution in [0.25, 0.3) is 0 Å². The first-order chi connectivity index (χ1) is 4.12. The van der Waals surface area contributed by atoms with Crippen LogP contribution in [0.3, 0.4) is 0 Å². The van der Waals surface area contributed by atoms with Crippen LogP contribution in [0, 0.1) is 0 Å². The van der Waals surface area contributed by atoms with Crippen LogP contribution < -0.4 is 11.1 Å². The Morgan fingerprint density at radius 2 is 2.22 bits per heavy atom. The highest BCUT2D eigenvalue weighted by atomic mass is 32.1. The lowest BCUT2D eigenvalue weighted by Crippen LogP contribution is -2.52. The normalized spacial score (nSPS) is 22.3. The molecule has 0 bridgehead atoms. The van der Waals surface area contributed by atoms with Gasteiger partial charge in [0, 0.05) is 5.54 Å². The summed E-state index contributed by atoms with van der Waals surface area (Å²) in [7, 11) is 0. The molecule has 1 aliphatic rings. The summed E-state index contributed by atoms with van der Waals surface area (Å²) in [6, 6.07) is 0. The molecule has 0 unspecified atom stereocenters. The molecular formula is C6H12N2S. The first-order valence-electron chi connectivity index (χ1n) is 3.20. The van der Waals surface area contributed by atoms with Gasteiger partial charge in [-0.2, -0.15) is 0 Å². The van der Waals surface area contributed by atoms with E-state index in [9.17, 15) is 0 Å². The van der Waals surface area contributed by atoms with E-state index in [1.807, 2.05) is 0 Å². The molecule has 1 saturated carbocycles. The summed E-state index contributed by atoms with van der Waals surface area (Å²) in [5.41, 5.74) is 5.54. The Morgan fingerprint density at radius 3 is 2.33 bits per heavy atom. The lowest BCUT2D eigenvalue weighted by molar-refractivity contribution is 0.245. The quantitative estimate of drug-likeness (QED) is 0.534. The van der Waals surface area contributed by atoms with Crippen molar-refractivity contribution in [3.8, 4) is 0 Å². The largest absolute Gasteiger partial charge is 0.376 e. The molecule has 0 aliphatic heterocycles. The van der Waals surface area contributed by atoms with Crippen molar-refractivity contribution in [3.05, 3.63) is 0 Å². The molecule has 1 rings (SSSR count). The molecular weight excluding hydrogens is 132 g/mol. The highest BCUT2D eigenvalue weighted by molar-refractivity contribution is 7.80. The molecule has 0 aromatic carbocycles. The molecule has 3 N–H and O–H groups in total. The van der Waals surface area contributed by atoms with Crippen LogP contribution in [-0.2, 0) is 0 Å². The smallest absolute Gasteiger partial charge is 0.164 e. The molecule has 52 valence electrons. The lowest BCUT2D eigenvalue weighted by atomic mass is 9.79. The fourth-order valence-corrected chi connectivity index (χ4v) is 1.38. The third kappa shape index (κ3) is 1.55. The van der Waals surface area contributed by atoms with Crippen LogP contribution in [0.15, 0.2) is 0 Å². The van der Waals surface area contributed by atoms with Crippen molar-refractivity contribution in [1.82, 2.24) is 5.32 Å². The highest BCUT2D eigenvalue weighted by Gasteiger charge is 2.31. The summed E-state index contributed by atoms with van der Waals surface area (Å²) in [5, 5.41) is 3.49. The fraction of sp³-hybridized carbons (Fsp3) is 0.833. The highest BCUT2D eigenvalue weighted by Crippen LogP contribution is 2.30. The third-order valence-corrected chi connectivity index (χ3v) is 1.98. The second kappa shape index (κ2) is 2.14. The minimum Gasteiger partial charge on any atom is -0.376 e. The topological polar surface area (TPSA) is 38.0 Å². The molecule has 0 radical (unpaired) electrons. The van der Waals surface area contributed by atoms with Gasteiger partial charge in [-0.15, -0.1) is 0 Å². The lowest BCUT2D eigenvalue weighted by Gasteiger charge is -2.39. The molecule has 9 heavy (non-hydrogen) atoms. The van der Waals surface area contributed by atoms with Gasteiger partial charge < -0.3 is 11.1 Å². The Balaban J connectivity index is 2.33. The summed E-state index contributed by atoms with van der Waals surface area (Å²) in [6.45, 7) is 2.15. The summed E-state index contributed by atoms with van der Waals surface area (Å²) in [5.74, 6) is 0. The van der Waals surface area contributed by atoms with Gasteiger partial charge in [0.15, 0.2) is 5.11 Å². The van der Waals surface area contributed by atoms with Crippen LogP contribution >= 0.6 is 12.2 Å². The average Bonchev–Trinajstić information content (AvgIpc) is 1.60. The van der Waals surface area contributed by atoms with Crippen molar-refractivity contribution in [2.24, 2.45) is 5.73 Å². The molecule has 0 saturated heterocycles. The summed E-state index contributed by atoms with van der Waals surface area (Å²) in [6.07, 6.45) is 3.70. The van der Waals surface area contributed by atoms with Crippen LogP contribution in [0.2, 0.25) is 0 Å². The minimum absolute atomic E-state index is 0.228. The van der Waals surface area contributed by atoms with Gasteiger partial charge in [-0.3, -0.25) is 0 Å². The van der Waals surface area contributed by atoms with Crippen molar-refractivity contribution < 1.29 is 0 Å². The second-order valence-electron chi connectivity index (χ2n) is 2.90. The molecule has 0 aromatic rings. The van der Waals surface area contributed by atoms with Gasteiger partial charge >= 0.3 is 0 Å². The number of hydrogen-bond donors (Lipinski definition) is 2. The minimum atomic E-state index is 0.228. The van der Waals surface area contributed by atoms with E-state index >= 15 is 0 Å². The van der Waals surface area contributed by atoms with Crippen molar-refractivity contribution in [1.29, 1.82) is 0 Å². The Morgan fingerprint density at radius 1 is 1.67 bits per heavy atom. The second-order valence-corrected chi connectivity index (χ2v) is 3.34. The zero-order valence-electron chi connectivity index (χ0n) is 5.61. The summed E-state index contributed by atoms with van der Waals surface area (Å²) < 4.78 is 0. The van der Waals surface area contributed by atoms with Crippen molar-refractivity contribution in [3.63, 3.8) is 0 Å². The zero-order valence-corrected chi connectivity index (χ0v) is 6.42. The Kier molecular flexibility index (Phi) is 1.62. The SMILES string of the molecule is CC1(NC(N)=S)CCC1. The standard InChI is InChI=1S/C6H12N2S/c1-6(3-2-4-6)8-5(7)9/h2-4H2,1H3,(H3,7,8,9). The van der Waals surface area contributed by atoms with Gasteiger partial charge in [-0.05, 0) is 38.4 Å². The molecule has 1 aliphatic carbocycles. The predicted molar refractivity (Wildman–Crippen MR) is 42.2 cm³/mol. The fourth-order valence-electron chi connectivity index (χ4n) is 1.13. The molecule has 0 amide bonds. The number of thiocarbonyl (C=S) groups is 1. The Labute approximate surface area is 60.8 Å². The van der Waals surface area contributed by atoms with Crippen molar-refractivity contribution in [2.45, 2.75) is 31.7 Å². The summed E-state index contributed by atoms with van der Waals surface area (Å²) >= 11 is 4.71. The van der Waals surface area contributed by atoms with Crippen LogP contribution in [0.1, 0.15) is 26.2 Å². The van der Waals surface area contributed by atoms with E-state index in [1.165, 1.54) is 19.3 Å². The molecule has 0 aromatic heterocycles. The van der Waals surface area contributed by atoms with E-state index in [2.05, 4.69) is 12.2 Å². The van der Waals surface area contributed by atoms with Crippen LogP contribution in [0.4, 0.5) is 0 Å². The molecule has 0 atom stereocenters. The Bertz CT molecular complexity index is 129. The third-order valence-electron chi connectivity index (χ3n) is 1.88. The summed E-state index contributed by atoms with van der Waals surface area (Å²) in [4.78, 5) is 0. The number of nitrogens with two attached hydrogens (primary N) is 1. The van der Waals surface area contributed by atoms with Gasteiger partial charge in [0.1, 0.15) is 0 Å². The maximum absolute atomic E-state index is 5.31. The van der Waals surface area contributed by atoms with Crippen molar-refractivity contribution >= 4 is 17.3 Å². The first-order valence-corrected chi connectivity index (χ1v) is 3.61. The maximum atomic E-state index is 5.31. The van der Waals surface area contributed by atoms with E-state index in [1.54, 1.807) is 0 Å². The van der Waals surface area contributed by atoms with Gasteiger partial charge in [0.05, 0.1) is 0 Å². The molecule has 0 spiro atoms. The number of nitrogens with one attached hydrogen (secondary N) is 1. The molecule has 3 heteroatoms.